The second-order valence-corrected chi connectivity index (χ2v) is 8.51. The van der Waals surface area contributed by atoms with Crippen molar-refractivity contribution in [2.45, 2.75) is 19.4 Å². The number of fused-ring (bicyclic) bond motifs is 2. The third-order valence-corrected chi connectivity index (χ3v) is 6.29. The Kier molecular flexibility index (Phi) is 5.09. The summed E-state index contributed by atoms with van der Waals surface area (Å²) < 4.78 is 13.9. The van der Waals surface area contributed by atoms with Crippen LogP contribution in [0.15, 0.2) is 66.9 Å². The van der Waals surface area contributed by atoms with Crippen LogP contribution in [0.2, 0.25) is 0 Å². The first-order valence-corrected chi connectivity index (χ1v) is 10.7. The molecule has 0 radical (unpaired) electrons. The second-order valence-electron chi connectivity index (χ2n) is 8.51. The van der Waals surface area contributed by atoms with Gasteiger partial charge in [0.25, 0.3) is 0 Å². The fraction of sp³-hybridized carbons (Fsp3) is 0.240. The number of aromatic nitrogens is 2. The van der Waals surface area contributed by atoms with E-state index >= 15 is 0 Å². The van der Waals surface area contributed by atoms with Crippen LogP contribution in [0.5, 0.6) is 0 Å². The van der Waals surface area contributed by atoms with Crippen molar-refractivity contribution in [2.75, 3.05) is 10.6 Å². The average Bonchev–Trinajstić information content (AvgIpc) is 3.36. The van der Waals surface area contributed by atoms with E-state index in [2.05, 4.69) is 27.8 Å². The Bertz CT molecular complexity index is 1210. The van der Waals surface area contributed by atoms with Gasteiger partial charge in [0.1, 0.15) is 11.6 Å². The summed E-state index contributed by atoms with van der Waals surface area (Å²) in [7, 11) is 0. The first kappa shape index (κ1) is 20.2. The highest BCUT2D eigenvalue weighted by Gasteiger charge is 2.47. The van der Waals surface area contributed by atoms with Crippen molar-refractivity contribution in [2.24, 2.45) is 23.5 Å². The molecule has 32 heavy (non-hydrogen) atoms. The molecular weight excluding hydrogens is 405 g/mol. The maximum Gasteiger partial charge on any atom is 0.229 e. The van der Waals surface area contributed by atoms with Crippen molar-refractivity contribution in [3.63, 3.8) is 0 Å². The SMILES string of the molecule is Cc1cccc(Nc2ncc(-c3cccc(F)c3)c(NC3C4C=CC(C4)C3C(N)=O)n2)c1. The van der Waals surface area contributed by atoms with E-state index < -0.39 is 0 Å². The average molecular weight is 429 g/mol. The van der Waals surface area contributed by atoms with Crippen LogP contribution in [0, 0.1) is 30.5 Å². The number of halogens is 1. The van der Waals surface area contributed by atoms with Crippen LogP contribution >= 0.6 is 0 Å². The van der Waals surface area contributed by atoms with Crippen LogP contribution in [0.3, 0.4) is 0 Å². The van der Waals surface area contributed by atoms with E-state index in [1.807, 2.05) is 37.3 Å². The summed E-state index contributed by atoms with van der Waals surface area (Å²) in [6.45, 7) is 2.01. The van der Waals surface area contributed by atoms with Crippen molar-refractivity contribution in [3.05, 3.63) is 78.3 Å². The molecule has 4 N–H and O–H groups in total. The lowest BCUT2D eigenvalue weighted by Gasteiger charge is -2.28. The number of rotatable bonds is 6. The number of hydrogen-bond acceptors (Lipinski definition) is 5. The minimum atomic E-state index is -0.340. The summed E-state index contributed by atoms with van der Waals surface area (Å²) in [5.41, 5.74) is 9.04. The minimum absolute atomic E-state index is 0.138. The van der Waals surface area contributed by atoms with Crippen molar-refractivity contribution >= 4 is 23.4 Å². The molecule has 4 atom stereocenters. The van der Waals surface area contributed by atoms with Gasteiger partial charge in [0.05, 0.1) is 5.92 Å². The quantitative estimate of drug-likeness (QED) is 0.505. The molecule has 1 heterocycles. The van der Waals surface area contributed by atoms with Gasteiger partial charge < -0.3 is 16.4 Å². The molecule has 7 heteroatoms. The summed E-state index contributed by atoms with van der Waals surface area (Å²) in [5.74, 6) is 0.312. The van der Waals surface area contributed by atoms with Crippen LogP contribution in [-0.4, -0.2) is 21.9 Å². The van der Waals surface area contributed by atoms with Gasteiger partial charge in [-0.1, -0.05) is 36.4 Å². The maximum atomic E-state index is 13.9. The summed E-state index contributed by atoms with van der Waals surface area (Å²) in [6.07, 6.45) is 6.78. The summed E-state index contributed by atoms with van der Waals surface area (Å²) in [6, 6.07) is 14.0. The number of benzene rings is 2. The molecule has 2 bridgehead atoms. The molecule has 5 rings (SSSR count). The van der Waals surface area contributed by atoms with E-state index in [9.17, 15) is 9.18 Å². The highest BCUT2D eigenvalue weighted by Crippen LogP contribution is 2.45. The molecule has 0 aliphatic heterocycles. The molecule has 6 nitrogen and oxygen atoms in total. The first-order valence-electron chi connectivity index (χ1n) is 10.7. The molecule has 2 aliphatic rings. The molecule has 4 unspecified atom stereocenters. The van der Waals surface area contributed by atoms with Crippen molar-refractivity contribution in [3.8, 4) is 11.1 Å². The molecule has 0 spiro atoms. The Labute approximate surface area is 185 Å². The number of primary amides is 1. The highest BCUT2D eigenvalue weighted by molar-refractivity contribution is 5.81. The molecule has 162 valence electrons. The zero-order valence-electron chi connectivity index (χ0n) is 17.6. The van der Waals surface area contributed by atoms with Gasteiger partial charge >= 0.3 is 0 Å². The number of nitrogens with one attached hydrogen (secondary N) is 2. The van der Waals surface area contributed by atoms with Crippen LogP contribution in [-0.2, 0) is 4.79 Å². The topological polar surface area (TPSA) is 92.9 Å². The number of aryl methyl sites for hydroxylation is 1. The standard InChI is InChI=1S/C25H24FN5O/c1-14-4-2-7-19(10-14)29-25-28-13-20(15-5-3-6-18(26)12-15)24(31-25)30-22-17-9-8-16(11-17)21(22)23(27)32/h2-10,12-13,16-17,21-22H,11H2,1H3,(H2,27,32)(H2,28,29,30,31). The molecule has 1 fully saturated rings. The van der Waals surface area contributed by atoms with Gasteiger partial charge in [-0.25, -0.2) is 9.37 Å². The molecule has 1 aromatic heterocycles. The van der Waals surface area contributed by atoms with Crippen LogP contribution in [0.1, 0.15) is 12.0 Å². The zero-order valence-corrected chi connectivity index (χ0v) is 17.6. The van der Waals surface area contributed by atoms with E-state index in [0.29, 0.717) is 22.9 Å². The molecule has 1 saturated carbocycles. The first-order chi connectivity index (χ1) is 15.5. The Balaban J connectivity index is 1.53. The number of nitrogens with zero attached hydrogens (tertiary/aromatic N) is 2. The van der Waals surface area contributed by atoms with Crippen LogP contribution < -0.4 is 16.4 Å². The summed E-state index contributed by atoms with van der Waals surface area (Å²) in [5, 5.41) is 6.69. The number of carbonyl (C=O) groups excluding carboxylic acids is 1. The molecule has 1 amide bonds. The normalized spacial score (nSPS) is 23.3. The molecule has 0 saturated heterocycles. The Hall–Kier alpha value is -3.74. The van der Waals surface area contributed by atoms with Crippen molar-refractivity contribution in [1.29, 1.82) is 0 Å². The van der Waals surface area contributed by atoms with E-state index in [4.69, 9.17) is 10.7 Å². The number of anilines is 3. The third kappa shape index (κ3) is 3.82. The Morgan fingerprint density at radius 1 is 1.12 bits per heavy atom. The van der Waals surface area contributed by atoms with Gasteiger partial charge in [-0.05, 0) is 60.6 Å². The molecular formula is C25H24FN5O. The monoisotopic (exact) mass is 429 g/mol. The Morgan fingerprint density at radius 3 is 2.72 bits per heavy atom. The predicted molar refractivity (Wildman–Crippen MR) is 123 cm³/mol. The number of carbonyl (C=O) groups is 1. The van der Waals surface area contributed by atoms with E-state index in [1.165, 1.54) is 12.1 Å². The van der Waals surface area contributed by atoms with Gasteiger partial charge in [0.15, 0.2) is 0 Å². The minimum Gasteiger partial charge on any atom is -0.369 e. The molecule has 2 aliphatic carbocycles. The fourth-order valence-electron chi connectivity index (χ4n) is 4.84. The number of amides is 1. The van der Waals surface area contributed by atoms with Gasteiger partial charge in [-0.2, -0.15) is 4.98 Å². The predicted octanol–water partition coefficient (Wildman–Crippen LogP) is 4.42. The summed E-state index contributed by atoms with van der Waals surface area (Å²) >= 11 is 0. The lowest BCUT2D eigenvalue weighted by atomic mass is 9.88. The van der Waals surface area contributed by atoms with E-state index in [0.717, 1.165) is 17.7 Å². The smallest absolute Gasteiger partial charge is 0.229 e. The fourth-order valence-corrected chi connectivity index (χ4v) is 4.84. The summed E-state index contributed by atoms with van der Waals surface area (Å²) in [4.78, 5) is 21.4. The van der Waals surface area contributed by atoms with Crippen molar-refractivity contribution < 1.29 is 9.18 Å². The molecule has 3 aromatic rings. The van der Waals surface area contributed by atoms with Crippen molar-refractivity contribution in [1.82, 2.24) is 9.97 Å². The lowest BCUT2D eigenvalue weighted by molar-refractivity contribution is -0.122. The highest BCUT2D eigenvalue weighted by atomic mass is 19.1. The largest absolute Gasteiger partial charge is 0.369 e. The second kappa shape index (κ2) is 8.07. The number of allylic oxidation sites excluding steroid dienone is 1. The number of nitrogens with two attached hydrogens (primary N) is 1. The maximum absolute atomic E-state index is 13.9. The van der Waals surface area contributed by atoms with Crippen LogP contribution in [0.25, 0.3) is 11.1 Å². The number of hydrogen-bond donors (Lipinski definition) is 3. The van der Waals surface area contributed by atoms with Crippen LogP contribution in [0.4, 0.5) is 21.8 Å². The molecule has 2 aromatic carbocycles. The lowest BCUT2D eigenvalue weighted by Crippen LogP contribution is -2.41. The van der Waals surface area contributed by atoms with Gasteiger partial charge in [-0.3, -0.25) is 4.79 Å². The zero-order chi connectivity index (χ0) is 22.2. The Morgan fingerprint density at radius 2 is 1.94 bits per heavy atom. The van der Waals surface area contributed by atoms with Gasteiger partial charge in [0, 0.05) is 23.5 Å². The van der Waals surface area contributed by atoms with E-state index in [1.54, 1.807) is 12.3 Å². The van der Waals surface area contributed by atoms with E-state index in [-0.39, 0.29) is 35.5 Å². The van der Waals surface area contributed by atoms with Gasteiger partial charge in [-0.15, -0.1) is 0 Å². The van der Waals surface area contributed by atoms with Gasteiger partial charge in [0.2, 0.25) is 11.9 Å². The third-order valence-electron chi connectivity index (χ3n) is 6.29.